The summed E-state index contributed by atoms with van der Waals surface area (Å²) in [4.78, 5) is 0. The summed E-state index contributed by atoms with van der Waals surface area (Å²) in [6.45, 7) is 11.9. The molecule has 0 fully saturated rings. The number of benzene rings is 11. The Morgan fingerprint density at radius 2 is 0.588 bits per heavy atom. The van der Waals surface area contributed by atoms with Gasteiger partial charge in [0.25, 0.3) is 0 Å². The molecule has 11 heteroatoms. The monoisotopic (exact) mass is 1170 g/mol. The number of hydrogen-bond donors (Lipinski definition) is 5. The van der Waals surface area contributed by atoms with Crippen LogP contribution in [0.25, 0.3) is 0 Å². The molecule has 0 saturated heterocycles. The summed E-state index contributed by atoms with van der Waals surface area (Å²) >= 11 is 11.6. The van der Waals surface area contributed by atoms with Gasteiger partial charge in [-0.15, -0.1) is 0 Å². The molecule has 0 aliphatic carbocycles. The summed E-state index contributed by atoms with van der Waals surface area (Å²) in [7, 11) is 3.29. The lowest BCUT2D eigenvalue weighted by molar-refractivity contribution is 0.415. The molecule has 0 unspecified atom stereocenters. The van der Waals surface area contributed by atoms with E-state index in [9.17, 15) is 4.39 Å². The van der Waals surface area contributed by atoms with Gasteiger partial charge in [-0.05, 0) is 263 Å². The summed E-state index contributed by atoms with van der Waals surface area (Å²) < 4.78 is 29.4. The summed E-state index contributed by atoms with van der Waals surface area (Å²) in [5.74, 6) is 3.19. The van der Waals surface area contributed by atoms with E-state index in [1.54, 1.807) is 40.2 Å². The van der Waals surface area contributed by atoms with Gasteiger partial charge in [0.1, 0.15) is 28.8 Å². The van der Waals surface area contributed by atoms with Crippen LogP contribution < -0.4 is 40.8 Å². The Morgan fingerprint density at radius 3 is 1.01 bits per heavy atom. The number of aryl methyl sites for hydroxylation is 6. The normalized spacial score (nSPS) is 10.1. The maximum Gasteiger partial charge on any atom is 0.129 e. The SMILES string of the molecule is COc1ccc(Nc2cc(C)c(F)c(C)c2)cc1.COc1ccc(Nc2ccc(Cl)cc2)cc1.Cc1cc(C)cc(Nc2ccc(Cl)cc2)c1.Cc1ccc(Nc2cccc(C)c2)cc1.c1ccc(Nc2ccc(Oc3ccccc3)cc2)cc1. The smallest absolute Gasteiger partial charge is 0.129 e. The zero-order valence-corrected chi connectivity index (χ0v) is 50.7. The van der Waals surface area contributed by atoms with Crippen molar-refractivity contribution < 1.29 is 18.6 Å². The second-order valence-electron chi connectivity index (χ2n) is 19.9. The van der Waals surface area contributed by atoms with Crippen LogP contribution in [0.2, 0.25) is 10.0 Å². The van der Waals surface area contributed by atoms with Gasteiger partial charge in [-0.1, -0.05) is 95.5 Å². The minimum absolute atomic E-state index is 0.143. The number of hydrogen-bond acceptors (Lipinski definition) is 8. The fraction of sp³-hybridized carbons (Fsp3) is 0.108. The number of anilines is 10. The van der Waals surface area contributed by atoms with E-state index in [-0.39, 0.29) is 5.82 Å². The number of para-hydroxylation sites is 2. The summed E-state index contributed by atoms with van der Waals surface area (Å²) in [5, 5.41) is 18.1. The van der Waals surface area contributed by atoms with E-state index >= 15 is 0 Å². The minimum Gasteiger partial charge on any atom is -0.497 e. The van der Waals surface area contributed by atoms with Crippen molar-refractivity contribution in [3.63, 3.8) is 0 Å². The molecule has 0 saturated carbocycles. The largest absolute Gasteiger partial charge is 0.497 e. The Hall–Kier alpha value is -9.67. The van der Waals surface area contributed by atoms with E-state index in [0.29, 0.717) is 11.1 Å². The highest BCUT2D eigenvalue weighted by Crippen LogP contribution is 2.28. The number of ether oxygens (including phenoxy) is 3. The van der Waals surface area contributed by atoms with Crippen molar-refractivity contribution in [3.8, 4) is 23.0 Å². The zero-order chi connectivity index (χ0) is 60.3. The van der Waals surface area contributed by atoms with Crippen LogP contribution in [0.1, 0.15) is 33.4 Å². The zero-order valence-electron chi connectivity index (χ0n) is 49.2. The Balaban J connectivity index is 0.000000153. The molecule has 85 heavy (non-hydrogen) atoms. The number of methoxy groups -OCH3 is 2. The first-order valence-electron chi connectivity index (χ1n) is 27.7. The van der Waals surface area contributed by atoms with E-state index in [1.165, 1.54) is 22.3 Å². The van der Waals surface area contributed by atoms with Gasteiger partial charge in [0, 0.05) is 66.9 Å². The molecule has 5 N–H and O–H groups in total. The topological polar surface area (TPSA) is 87.8 Å². The number of halogens is 3. The molecular formula is C74H72Cl2FN5O3. The Bertz CT molecular complexity index is 3640. The van der Waals surface area contributed by atoms with Gasteiger partial charge in [-0.2, -0.15) is 0 Å². The molecule has 8 nitrogen and oxygen atoms in total. The molecule has 11 aromatic rings. The molecular weight excluding hydrogens is 1100 g/mol. The summed E-state index contributed by atoms with van der Waals surface area (Å²) in [5.41, 5.74) is 16.8. The van der Waals surface area contributed by atoms with Crippen molar-refractivity contribution in [2.45, 2.75) is 41.5 Å². The molecule has 0 aliphatic rings. The molecule has 0 bridgehead atoms. The van der Waals surface area contributed by atoms with Gasteiger partial charge in [0.05, 0.1) is 14.2 Å². The van der Waals surface area contributed by atoms with Crippen molar-refractivity contribution in [1.29, 1.82) is 0 Å². The molecule has 0 amide bonds. The van der Waals surface area contributed by atoms with Crippen molar-refractivity contribution in [2.75, 3.05) is 40.8 Å². The summed E-state index contributed by atoms with van der Waals surface area (Å²) in [6.07, 6.45) is 0. The third-order valence-corrected chi connectivity index (χ3v) is 13.2. The predicted molar refractivity (Wildman–Crippen MR) is 359 cm³/mol. The highest BCUT2D eigenvalue weighted by atomic mass is 35.5. The molecule has 11 aromatic carbocycles. The standard InChI is InChI=1S/C18H15NO.C15H16FNO.C14H14ClN.C14H15N.C13H12ClNO/c1-3-7-15(8-4-1)19-16-11-13-18(14-12-16)20-17-9-5-2-6-10-17;1-10-8-13(9-11(2)15(10)16)17-12-4-6-14(18-3)7-5-12;1-10-7-11(2)9-14(8-10)16-13-5-3-12(15)4-6-13;1-11-6-8-13(9-7-11)15-14-5-3-4-12(2)10-14;1-16-13-8-6-12(7-9-13)15-11-4-2-10(14)3-5-11/h1-14,19H;4-9,17H,1-3H3;3-9,16H,1-2H3;3-10,15H,1-2H3;2-9,15H,1H3. The fourth-order valence-corrected chi connectivity index (χ4v) is 8.68. The average Bonchev–Trinajstić information content (AvgIpc) is 3.70. The fourth-order valence-electron chi connectivity index (χ4n) is 8.43. The molecule has 0 heterocycles. The van der Waals surface area contributed by atoms with Crippen molar-refractivity contribution in [1.82, 2.24) is 0 Å². The first-order chi connectivity index (χ1) is 41.1. The van der Waals surface area contributed by atoms with E-state index < -0.39 is 0 Å². The maximum atomic E-state index is 13.5. The lowest BCUT2D eigenvalue weighted by atomic mass is 10.1. The van der Waals surface area contributed by atoms with E-state index in [2.05, 4.69) is 121 Å². The first-order valence-corrected chi connectivity index (χ1v) is 28.4. The van der Waals surface area contributed by atoms with Crippen LogP contribution in [-0.4, -0.2) is 14.2 Å². The second-order valence-corrected chi connectivity index (χ2v) is 20.8. The first kappa shape index (κ1) is 62.9. The highest BCUT2D eigenvalue weighted by molar-refractivity contribution is 6.31. The van der Waals surface area contributed by atoms with Crippen LogP contribution in [0, 0.1) is 47.4 Å². The maximum absolute atomic E-state index is 13.5. The number of nitrogens with one attached hydrogen (secondary N) is 5. The molecule has 0 spiro atoms. The van der Waals surface area contributed by atoms with Gasteiger partial charge in [-0.25, -0.2) is 4.39 Å². The second kappa shape index (κ2) is 32.8. The summed E-state index contributed by atoms with van der Waals surface area (Å²) in [6, 6.07) is 85.2. The average molecular weight is 1170 g/mol. The van der Waals surface area contributed by atoms with Gasteiger partial charge in [0.2, 0.25) is 0 Å². The third kappa shape index (κ3) is 22.2. The van der Waals surface area contributed by atoms with Crippen LogP contribution in [0.3, 0.4) is 0 Å². The van der Waals surface area contributed by atoms with Crippen LogP contribution in [-0.2, 0) is 0 Å². The Labute approximate surface area is 511 Å². The number of rotatable bonds is 14. The predicted octanol–water partition coefficient (Wildman–Crippen LogP) is 22.3. The molecule has 432 valence electrons. The van der Waals surface area contributed by atoms with Gasteiger partial charge < -0.3 is 40.8 Å². The quantitative estimate of drug-likeness (QED) is 0.0736. The molecule has 0 aromatic heterocycles. The van der Waals surface area contributed by atoms with Crippen LogP contribution in [0.15, 0.2) is 261 Å². The van der Waals surface area contributed by atoms with Crippen molar-refractivity contribution >= 4 is 80.1 Å². The van der Waals surface area contributed by atoms with Crippen LogP contribution in [0.5, 0.6) is 23.0 Å². The molecule has 0 radical (unpaired) electrons. The van der Waals surface area contributed by atoms with Gasteiger partial charge in [0.15, 0.2) is 0 Å². The Morgan fingerprint density at radius 1 is 0.271 bits per heavy atom. The highest BCUT2D eigenvalue weighted by Gasteiger charge is 2.06. The lowest BCUT2D eigenvalue weighted by Gasteiger charge is -2.10. The lowest BCUT2D eigenvalue weighted by Crippen LogP contribution is -1.95. The van der Waals surface area contributed by atoms with E-state index in [1.807, 2.05) is 182 Å². The van der Waals surface area contributed by atoms with Gasteiger partial charge >= 0.3 is 0 Å². The van der Waals surface area contributed by atoms with E-state index in [4.69, 9.17) is 37.4 Å². The van der Waals surface area contributed by atoms with Crippen molar-refractivity contribution in [2.24, 2.45) is 0 Å². The molecule has 11 rings (SSSR count). The molecule has 0 aliphatic heterocycles. The minimum atomic E-state index is -0.143. The van der Waals surface area contributed by atoms with Crippen molar-refractivity contribution in [3.05, 3.63) is 310 Å². The Kier molecular flexibility index (Phi) is 24.3. The molecule has 0 atom stereocenters. The van der Waals surface area contributed by atoms with E-state index in [0.717, 1.165) is 89.9 Å². The third-order valence-electron chi connectivity index (χ3n) is 12.6. The van der Waals surface area contributed by atoms with Crippen LogP contribution in [0.4, 0.5) is 61.3 Å². The van der Waals surface area contributed by atoms with Crippen LogP contribution >= 0.6 is 23.2 Å². The van der Waals surface area contributed by atoms with Gasteiger partial charge in [-0.3, -0.25) is 0 Å².